The Labute approximate surface area is 186 Å². The summed E-state index contributed by atoms with van der Waals surface area (Å²) in [6, 6.07) is 20.4. The molecule has 0 spiro atoms. The Morgan fingerprint density at radius 1 is 0.938 bits per heavy atom. The van der Waals surface area contributed by atoms with Crippen LogP contribution >= 0.6 is 0 Å². The van der Waals surface area contributed by atoms with Gasteiger partial charge >= 0.3 is 6.03 Å². The summed E-state index contributed by atoms with van der Waals surface area (Å²) in [5, 5.41) is 11.9. The molecule has 1 aromatic heterocycles. The molecule has 0 atom stereocenters. The number of H-pyrrole nitrogens is 1. The van der Waals surface area contributed by atoms with E-state index < -0.39 is 15.9 Å². The van der Waals surface area contributed by atoms with Crippen molar-refractivity contribution in [1.82, 2.24) is 15.5 Å². The lowest BCUT2D eigenvalue weighted by Gasteiger charge is -2.13. The second-order valence-electron chi connectivity index (χ2n) is 7.25. The summed E-state index contributed by atoms with van der Waals surface area (Å²) in [6.07, 6.45) is 3.31. The lowest BCUT2D eigenvalue weighted by Crippen LogP contribution is -2.28. The van der Waals surface area contributed by atoms with E-state index in [0.29, 0.717) is 17.8 Å². The SMILES string of the molecule is Cc1ccccc1-c1ccccc1S(=O)(=O)c1ccc(NC(=O)NCc2cn[nH]c2)cc1. The van der Waals surface area contributed by atoms with Gasteiger partial charge in [0.1, 0.15) is 0 Å². The van der Waals surface area contributed by atoms with E-state index in [4.69, 9.17) is 0 Å². The highest BCUT2D eigenvalue weighted by Crippen LogP contribution is 2.33. The van der Waals surface area contributed by atoms with Crippen LogP contribution in [0.3, 0.4) is 0 Å². The van der Waals surface area contributed by atoms with Crippen LogP contribution in [0.15, 0.2) is 95.0 Å². The standard InChI is InChI=1S/C24H22N4O3S/c1-17-6-2-3-7-21(17)22-8-4-5-9-23(22)32(30,31)20-12-10-19(11-13-20)28-24(29)25-14-18-15-26-27-16-18/h2-13,15-16H,14H2,1H3,(H,26,27)(H2,25,28,29). The molecule has 4 rings (SSSR count). The Hall–Kier alpha value is -3.91. The van der Waals surface area contributed by atoms with E-state index in [1.165, 1.54) is 12.1 Å². The summed E-state index contributed by atoms with van der Waals surface area (Å²) in [6.45, 7) is 2.28. The third kappa shape index (κ3) is 4.55. The highest BCUT2D eigenvalue weighted by atomic mass is 32.2. The van der Waals surface area contributed by atoms with E-state index >= 15 is 0 Å². The first-order valence-electron chi connectivity index (χ1n) is 9.98. The van der Waals surface area contributed by atoms with Gasteiger partial charge in [-0.15, -0.1) is 0 Å². The zero-order valence-electron chi connectivity index (χ0n) is 17.4. The van der Waals surface area contributed by atoms with Crippen LogP contribution in [0.5, 0.6) is 0 Å². The van der Waals surface area contributed by atoms with Gasteiger partial charge in [0, 0.05) is 29.6 Å². The molecular formula is C24H22N4O3S. The van der Waals surface area contributed by atoms with Crippen molar-refractivity contribution < 1.29 is 13.2 Å². The van der Waals surface area contributed by atoms with Gasteiger partial charge in [-0.1, -0.05) is 42.5 Å². The Bertz CT molecular complexity index is 1330. The Morgan fingerprint density at radius 3 is 2.31 bits per heavy atom. The molecule has 8 heteroatoms. The van der Waals surface area contributed by atoms with Crippen molar-refractivity contribution in [1.29, 1.82) is 0 Å². The smallest absolute Gasteiger partial charge is 0.319 e. The number of urea groups is 1. The van der Waals surface area contributed by atoms with Crippen LogP contribution in [0.1, 0.15) is 11.1 Å². The summed E-state index contributed by atoms with van der Waals surface area (Å²) in [7, 11) is -3.76. The molecule has 0 aliphatic carbocycles. The first kappa shape index (κ1) is 21.3. The van der Waals surface area contributed by atoms with Gasteiger partial charge in [-0.2, -0.15) is 5.10 Å². The number of aryl methyl sites for hydroxylation is 1. The van der Waals surface area contributed by atoms with Gasteiger partial charge in [-0.05, 0) is 48.4 Å². The third-order valence-corrected chi connectivity index (χ3v) is 6.87. The largest absolute Gasteiger partial charge is 0.334 e. The molecule has 3 aromatic carbocycles. The van der Waals surface area contributed by atoms with Gasteiger partial charge < -0.3 is 10.6 Å². The minimum absolute atomic E-state index is 0.155. The number of benzene rings is 3. The lowest BCUT2D eigenvalue weighted by molar-refractivity contribution is 0.251. The molecule has 0 unspecified atom stereocenters. The average molecular weight is 447 g/mol. The first-order valence-corrected chi connectivity index (χ1v) is 11.5. The molecule has 0 aliphatic heterocycles. The van der Waals surface area contributed by atoms with Gasteiger partial charge in [0.05, 0.1) is 16.0 Å². The minimum Gasteiger partial charge on any atom is -0.334 e. The van der Waals surface area contributed by atoms with Gasteiger partial charge in [-0.25, -0.2) is 13.2 Å². The Morgan fingerprint density at radius 2 is 1.62 bits per heavy atom. The maximum absolute atomic E-state index is 13.4. The number of hydrogen-bond donors (Lipinski definition) is 3. The Balaban J connectivity index is 1.54. The molecule has 0 bridgehead atoms. The molecule has 0 aliphatic rings. The number of carbonyl (C=O) groups is 1. The number of hydrogen-bond acceptors (Lipinski definition) is 4. The van der Waals surface area contributed by atoms with E-state index in [-0.39, 0.29) is 9.79 Å². The van der Waals surface area contributed by atoms with Gasteiger partial charge in [0.25, 0.3) is 0 Å². The number of anilines is 1. The molecular weight excluding hydrogens is 424 g/mol. The zero-order chi connectivity index (χ0) is 22.6. The van der Waals surface area contributed by atoms with Crippen molar-refractivity contribution >= 4 is 21.6 Å². The molecule has 32 heavy (non-hydrogen) atoms. The fourth-order valence-electron chi connectivity index (χ4n) is 3.37. The average Bonchev–Trinajstić information content (AvgIpc) is 3.32. The number of amides is 2. The van der Waals surface area contributed by atoms with Crippen LogP contribution in [0.25, 0.3) is 11.1 Å². The molecule has 2 amide bonds. The highest BCUT2D eigenvalue weighted by Gasteiger charge is 2.22. The van der Waals surface area contributed by atoms with Crippen molar-refractivity contribution in [2.75, 3.05) is 5.32 Å². The van der Waals surface area contributed by atoms with E-state index in [0.717, 1.165) is 16.7 Å². The topological polar surface area (TPSA) is 104 Å². The lowest BCUT2D eigenvalue weighted by atomic mass is 10.0. The predicted octanol–water partition coefficient (Wildman–Crippen LogP) is 4.54. The minimum atomic E-state index is -3.76. The summed E-state index contributed by atoms with van der Waals surface area (Å²) in [4.78, 5) is 12.5. The van der Waals surface area contributed by atoms with Crippen LogP contribution in [0.4, 0.5) is 10.5 Å². The van der Waals surface area contributed by atoms with Crippen molar-refractivity contribution in [3.63, 3.8) is 0 Å². The second kappa shape index (κ2) is 9.07. The van der Waals surface area contributed by atoms with Crippen LogP contribution in [-0.2, 0) is 16.4 Å². The number of nitrogens with one attached hydrogen (secondary N) is 3. The number of aromatic nitrogens is 2. The summed E-state index contributed by atoms with van der Waals surface area (Å²) < 4.78 is 26.8. The van der Waals surface area contributed by atoms with Crippen LogP contribution in [0, 0.1) is 6.92 Å². The van der Waals surface area contributed by atoms with E-state index in [2.05, 4.69) is 20.8 Å². The van der Waals surface area contributed by atoms with Crippen molar-refractivity contribution in [2.45, 2.75) is 23.3 Å². The van der Waals surface area contributed by atoms with Crippen molar-refractivity contribution in [3.8, 4) is 11.1 Å². The summed E-state index contributed by atoms with van der Waals surface area (Å²) in [5.41, 5.74) is 3.86. The van der Waals surface area contributed by atoms with Gasteiger partial charge in [0.2, 0.25) is 9.84 Å². The monoisotopic (exact) mass is 446 g/mol. The number of rotatable bonds is 6. The van der Waals surface area contributed by atoms with Crippen LogP contribution in [0.2, 0.25) is 0 Å². The quantitative estimate of drug-likeness (QED) is 0.404. The second-order valence-corrected chi connectivity index (χ2v) is 9.17. The van der Waals surface area contributed by atoms with E-state index in [9.17, 15) is 13.2 Å². The summed E-state index contributed by atoms with van der Waals surface area (Å²) in [5.74, 6) is 0. The number of sulfone groups is 1. The first-order chi connectivity index (χ1) is 15.4. The maximum Gasteiger partial charge on any atom is 0.319 e. The molecule has 7 nitrogen and oxygen atoms in total. The maximum atomic E-state index is 13.4. The molecule has 1 heterocycles. The van der Waals surface area contributed by atoms with Gasteiger partial charge in [0.15, 0.2) is 0 Å². The van der Waals surface area contributed by atoms with Crippen molar-refractivity contribution in [2.24, 2.45) is 0 Å². The number of nitrogens with zero attached hydrogens (tertiary/aromatic N) is 1. The molecule has 3 N–H and O–H groups in total. The fourth-order valence-corrected chi connectivity index (χ4v) is 4.85. The molecule has 0 radical (unpaired) electrons. The number of aromatic amines is 1. The van der Waals surface area contributed by atoms with Crippen LogP contribution in [-0.4, -0.2) is 24.6 Å². The molecule has 4 aromatic rings. The number of carbonyl (C=O) groups excluding carboxylic acids is 1. The van der Waals surface area contributed by atoms with E-state index in [1.54, 1.807) is 36.7 Å². The highest BCUT2D eigenvalue weighted by molar-refractivity contribution is 7.91. The zero-order valence-corrected chi connectivity index (χ0v) is 18.2. The van der Waals surface area contributed by atoms with Crippen molar-refractivity contribution in [3.05, 3.63) is 96.3 Å². The van der Waals surface area contributed by atoms with E-state index in [1.807, 2.05) is 43.3 Å². The molecule has 162 valence electrons. The van der Waals surface area contributed by atoms with Crippen LogP contribution < -0.4 is 10.6 Å². The molecule has 0 fully saturated rings. The predicted molar refractivity (Wildman–Crippen MR) is 123 cm³/mol. The normalized spacial score (nSPS) is 11.2. The molecule has 0 saturated carbocycles. The summed E-state index contributed by atoms with van der Waals surface area (Å²) >= 11 is 0. The Kier molecular flexibility index (Phi) is 6.04. The third-order valence-electron chi connectivity index (χ3n) is 5.04. The fraction of sp³-hybridized carbons (Fsp3) is 0.0833. The molecule has 0 saturated heterocycles. The van der Waals surface area contributed by atoms with Gasteiger partial charge in [-0.3, -0.25) is 5.10 Å².